The Morgan fingerprint density at radius 1 is 0.979 bits per heavy atom. The standard InChI is InChI=1S/C33H33F3NS2.C5H8O2.Ir/c1-19(2)27-24-14-15-37-28(21-16-20-10-8-9-11-23(20)25(17-21)31(3,4)5)29(24)39-30(27)26-13-12-22(38-26)18-32(6,7)33(34,35)36;1-4(6)3-5(2)7;/h8-15,17,19H,18H2,1-7H3;3,6H,1-2H3;/q-1;;/b;4-3-;. The number of aliphatic hydroxyl groups is 1. The SMILES string of the molecule is CC(=O)/C=C(/C)O.CC(C)c1c(-c2ccc(CC(C)(C)C(F)(F)F)s2)sc2c(-c3[c-]c4ccccc4c(C(C)(C)C)c3)nccc12.[Ir]. The van der Waals surface area contributed by atoms with Crippen LogP contribution in [0.5, 0.6) is 0 Å². The summed E-state index contributed by atoms with van der Waals surface area (Å²) in [6, 6.07) is 20.1. The van der Waals surface area contributed by atoms with Gasteiger partial charge in [-0.1, -0.05) is 77.6 Å². The molecule has 0 bridgehead atoms. The molecule has 1 N–H and O–H groups in total. The number of fused-ring (bicyclic) bond motifs is 2. The van der Waals surface area contributed by atoms with E-state index >= 15 is 0 Å². The maximum Gasteiger partial charge on any atom is 0.394 e. The van der Waals surface area contributed by atoms with Crippen LogP contribution in [0.4, 0.5) is 13.2 Å². The van der Waals surface area contributed by atoms with E-state index in [2.05, 4.69) is 71.0 Å². The third kappa shape index (κ3) is 8.80. The maximum atomic E-state index is 13.6. The summed E-state index contributed by atoms with van der Waals surface area (Å²) in [6.45, 7) is 16.4. The number of benzene rings is 2. The summed E-state index contributed by atoms with van der Waals surface area (Å²) in [4.78, 5) is 17.7. The molecule has 0 aliphatic heterocycles. The van der Waals surface area contributed by atoms with Crippen molar-refractivity contribution in [1.82, 2.24) is 4.98 Å². The minimum absolute atomic E-state index is 0. The number of hydrogen-bond donors (Lipinski definition) is 1. The monoisotopic (exact) mass is 857 g/mol. The molecule has 2 aromatic carbocycles. The molecule has 3 nitrogen and oxygen atoms in total. The molecule has 0 saturated carbocycles. The third-order valence-electron chi connectivity index (χ3n) is 7.74. The Bertz CT molecular complexity index is 1910. The molecule has 3 aromatic heterocycles. The molecule has 0 fully saturated rings. The minimum Gasteiger partial charge on any atom is -0.512 e. The Balaban J connectivity index is 0.000000677. The minimum atomic E-state index is -4.25. The van der Waals surface area contributed by atoms with Crippen LogP contribution in [-0.4, -0.2) is 22.1 Å². The molecule has 5 aromatic rings. The van der Waals surface area contributed by atoms with Crippen LogP contribution in [0.3, 0.4) is 0 Å². The molecule has 0 atom stereocenters. The summed E-state index contributed by atoms with van der Waals surface area (Å²) >= 11 is 3.16. The van der Waals surface area contributed by atoms with Gasteiger partial charge < -0.3 is 5.11 Å². The molecule has 0 spiro atoms. The maximum absolute atomic E-state index is 13.6. The second-order valence-electron chi connectivity index (χ2n) is 13.6. The van der Waals surface area contributed by atoms with Crippen LogP contribution in [0.2, 0.25) is 0 Å². The number of carbonyl (C=O) groups excluding carboxylic acids is 1. The number of thiophene rings is 2. The van der Waals surface area contributed by atoms with Crippen molar-refractivity contribution in [2.45, 2.75) is 86.2 Å². The van der Waals surface area contributed by atoms with Crippen LogP contribution in [0.25, 0.3) is 41.9 Å². The smallest absolute Gasteiger partial charge is 0.394 e. The first kappa shape index (κ1) is 38.6. The number of aromatic nitrogens is 1. The zero-order valence-electron chi connectivity index (χ0n) is 28.1. The first-order chi connectivity index (χ1) is 21.3. The van der Waals surface area contributed by atoms with Gasteiger partial charge in [0.15, 0.2) is 5.78 Å². The van der Waals surface area contributed by atoms with Gasteiger partial charge in [-0.15, -0.1) is 51.8 Å². The van der Waals surface area contributed by atoms with E-state index < -0.39 is 11.6 Å². The van der Waals surface area contributed by atoms with Crippen molar-refractivity contribution in [3.05, 3.63) is 88.6 Å². The van der Waals surface area contributed by atoms with Gasteiger partial charge in [-0.25, -0.2) is 0 Å². The number of halogens is 3. The fourth-order valence-corrected chi connectivity index (χ4v) is 8.21. The van der Waals surface area contributed by atoms with Crippen molar-refractivity contribution in [1.29, 1.82) is 0 Å². The zero-order valence-corrected chi connectivity index (χ0v) is 32.2. The van der Waals surface area contributed by atoms with E-state index in [1.54, 1.807) is 11.3 Å². The summed E-state index contributed by atoms with van der Waals surface area (Å²) < 4.78 is 41.8. The molecule has 0 aliphatic rings. The van der Waals surface area contributed by atoms with Gasteiger partial charge in [0.25, 0.3) is 0 Å². The van der Waals surface area contributed by atoms with Crippen molar-refractivity contribution in [2.24, 2.45) is 5.41 Å². The molecule has 0 saturated heterocycles. The van der Waals surface area contributed by atoms with Crippen LogP contribution in [0, 0.1) is 11.5 Å². The van der Waals surface area contributed by atoms with E-state index in [-0.39, 0.29) is 49.4 Å². The van der Waals surface area contributed by atoms with Crippen LogP contribution in [-0.2, 0) is 36.7 Å². The van der Waals surface area contributed by atoms with Gasteiger partial charge in [-0.2, -0.15) is 13.2 Å². The van der Waals surface area contributed by atoms with Gasteiger partial charge in [0.1, 0.15) is 0 Å². The van der Waals surface area contributed by atoms with E-state index in [4.69, 9.17) is 10.1 Å². The molecular weight excluding hydrogens is 816 g/mol. The molecule has 0 unspecified atom stereocenters. The molecule has 253 valence electrons. The number of hydrogen-bond acceptors (Lipinski definition) is 5. The van der Waals surface area contributed by atoms with Gasteiger partial charge in [0.05, 0.1) is 11.2 Å². The molecular formula is C38H41F3IrNO2S2-. The van der Waals surface area contributed by atoms with Crippen LogP contribution in [0.15, 0.2) is 66.6 Å². The van der Waals surface area contributed by atoms with Gasteiger partial charge in [-0.3, -0.25) is 9.78 Å². The fraction of sp³-hybridized carbons (Fsp3) is 0.368. The van der Waals surface area contributed by atoms with Gasteiger partial charge >= 0.3 is 6.18 Å². The summed E-state index contributed by atoms with van der Waals surface area (Å²) in [5.74, 6) is 0.180. The molecule has 0 aliphatic carbocycles. The number of pyridine rings is 1. The third-order valence-corrected chi connectivity index (χ3v) is 10.2. The van der Waals surface area contributed by atoms with Crippen molar-refractivity contribution in [3.63, 3.8) is 0 Å². The predicted molar refractivity (Wildman–Crippen MR) is 188 cm³/mol. The number of rotatable bonds is 6. The molecule has 47 heavy (non-hydrogen) atoms. The molecule has 3 heterocycles. The number of alkyl halides is 3. The number of aliphatic hydroxyl groups excluding tert-OH is 1. The van der Waals surface area contributed by atoms with Crippen molar-refractivity contribution >= 4 is 49.3 Å². The topological polar surface area (TPSA) is 50.2 Å². The first-order valence-corrected chi connectivity index (χ1v) is 16.8. The van der Waals surface area contributed by atoms with E-state index in [1.807, 2.05) is 24.4 Å². The summed E-state index contributed by atoms with van der Waals surface area (Å²) in [6.07, 6.45) is -1.25. The van der Waals surface area contributed by atoms with E-state index in [0.717, 1.165) is 41.4 Å². The Hall–Kier alpha value is -2.84. The van der Waals surface area contributed by atoms with Crippen LogP contribution < -0.4 is 0 Å². The quantitative estimate of drug-likeness (QED) is 0.105. The van der Waals surface area contributed by atoms with Crippen LogP contribution >= 0.6 is 22.7 Å². The molecule has 0 amide bonds. The molecule has 1 radical (unpaired) electrons. The van der Waals surface area contributed by atoms with E-state index in [1.165, 1.54) is 61.6 Å². The van der Waals surface area contributed by atoms with Gasteiger partial charge in [0.2, 0.25) is 0 Å². The Kier molecular flexibility index (Phi) is 12.1. The first-order valence-electron chi connectivity index (χ1n) is 15.2. The van der Waals surface area contributed by atoms with Crippen molar-refractivity contribution in [2.75, 3.05) is 0 Å². The summed E-state index contributed by atoms with van der Waals surface area (Å²) in [5, 5.41) is 11.8. The van der Waals surface area contributed by atoms with E-state index in [0.29, 0.717) is 0 Å². The second kappa shape index (κ2) is 14.7. The van der Waals surface area contributed by atoms with Crippen molar-refractivity contribution < 1.29 is 43.2 Å². The van der Waals surface area contributed by atoms with Crippen molar-refractivity contribution in [3.8, 4) is 21.0 Å². The van der Waals surface area contributed by atoms with Gasteiger partial charge in [-0.05, 0) is 60.7 Å². The molecule has 5 rings (SSSR count). The van der Waals surface area contributed by atoms with Crippen LogP contribution in [0.1, 0.15) is 84.2 Å². The summed E-state index contributed by atoms with van der Waals surface area (Å²) in [5.41, 5.74) is 2.51. The van der Waals surface area contributed by atoms with E-state index in [9.17, 15) is 18.0 Å². The predicted octanol–water partition coefficient (Wildman–Crippen LogP) is 12.2. The Morgan fingerprint density at radius 3 is 2.19 bits per heavy atom. The Morgan fingerprint density at radius 2 is 1.64 bits per heavy atom. The average molecular weight is 857 g/mol. The number of allylic oxidation sites excluding steroid dienone is 2. The normalized spacial score (nSPS) is 12.7. The number of nitrogens with zero attached hydrogens (tertiary/aromatic N) is 1. The molecule has 9 heteroatoms. The number of ketones is 1. The second-order valence-corrected chi connectivity index (χ2v) is 15.8. The number of carbonyl (C=O) groups is 1. The zero-order chi connectivity index (χ0) is 34.2. The fourth-order valence-electron chi connectivity index (χ4n) is 5.39. The Labute approximate surface area is 297 Å². The largest absolute Gasteiger partial charge is 0.512 e. The summed E-state index contributed by atoms with van der Waals surface area (Å²) in [7, 11) is 0. The average Bonchev–Trinajstić information content (AvgIpc) is 3.55. The van der Waals surface area contributed by atoms with Gasteiger partial charge in [0, 0.05) is 57.4 Å².